The lowest BCUT2D eigenvalue weighted by Crippen LogP contribution is -2.22. The third-order valence-electron chi connectivity index (χ3n) is 5.25. The molecule has 0 bridgehead atoms. The summed E-state index contributed by atoms with van der Waals surface area (Å²) in [6.07, 6.45) is 4.37. The second kappa shape index (κ2) is 6.28. The van der Waals surface area contributed by atoms with Crippen LogP contribution in [0.2, 0.25) is 0 Å². The van der Waals surface area contributed by atoms with Gasteiger partial charge in [-0.2, -0.15) is 16.9 Å². The first-order valence-electron chi connectivity index (χ1n) is 8.70. The van der Waals surface area contributed by atoms with Crippen LogP contribution in [0.5, 0.6) is 0 Å². The number of amides is 1. The van der Waals surface area contributed by atoms with Crippen LogP contribution in [-0.2, 0) is 16.3 Å². The highest BCUT2D eigenvalue weighted by atomic mass is 32.2. The molecular formula is C19H23N3OS. The fraction of sp³-hybridized carbons (Fsp3) is 0.474. The molecule has 1 aliphatic heterocycles. The zero-order valence-corrected chi connectivity index (χ0v) is 15.1. The summed E-state index contributed by atoms with van der Waals surface area (Å²) in [7, 11) is 0. The first-order chi connectivity index (χ1) is 11.6. The topological polar surface area (TPSA) is 46.9 Å². The van der Waals surface area contributed by atoms with Crippen molar-refractivity contribution in [3.63, 3.8) is 0 Å². The minimum atomic E-state index is 0.164. The van der Waals surface area contributed by atoms with Crippen molar-refractivity contribution in [1.82, 2.24) is 9.78 Å². The minimum absolute atomic E-state index is 0.164. The van der Waals surface area contributed by atoms with E-state index < -0.39 is 0 Å². The van der Waals surface area contributed by atoms with E-state index in [0.717, 1.165) is 41.5 Å². The molecule has 24 heavy (non-hydrogen) atoms. The predicted molar refractivity (Wildman–Crippen MR) is 98.6 cm³/mol. The number of hydrogen-bond acceptors (Lipinski definition) is 3. The molecule has 2 aliphatic rings. The Balaban J connectivity index is 1.71. The summed E-state index contributed by atoms with van der Waals surface area (Å²) in [5.74, 6) is 3.07. The van der Waals surface area contributed by atoms with Crippen molar-refractivity contribution in [2.75, 3.05) is 5.32 Å². The molecule has 4 rings (SSSR count). The summed E-state index contributed by atoms with van der Waals surface area (Å²) >= 11 is 1.87. The van der Waals surface area contributed by atoms with Gasteiger partial charge in [-0.3, -0.25) is 4.79 Å². The lowest BCUT2D eigenvalue weighted by atomic mass is 10.1. The molecule has 126 valence electrons. The Hall–Kier alpha value is -1.75. The molecular weight excluding hydrogens is 318 g/mol. The Morgan fingerprint density at radius 3 is 2.75 bits per heavy atom. The van der Waals surface area contributed by atoms with Gasteiger partial charge in [0, 0.05) is 23.0 Å². The number of aromatic nitrogens is 2. The van der Waals surface area contributed by atoms with E-state index in [2.05, 4.69) is 37.4 Å². The van der Waals surface area contributed by atoms with Gasteiger partial charge in [0.25, 0.3) is 0 Å². The van der Waals surface area contributed by atoms with Crippen LogP contribution >= 0.6 is 11.8 Å². The molecule has 0 spiro atoms. The van der Waals surface area contributed by atoms with E-state index in [1.54, 1.807) is 0 Å². The number of nitrogens with one attached hydrogen (secondary N) is 1. The van der Waals surface area contributed by atoms with Crippen LogP contribution in [0.25, 0.3) is 5.69 Å². The average Bonchev–Trinajstić information content (AvgIpc) is 3.28. The molecule has 2 heterocycles. The van der Waals surface area contributed by atoms with E-state index in [1.165, 1.54) is 29.5 Å². The fourth-order valence-corrected chi connectivity index (χ4v) is 4.63. The van der Waals surface area contributed by atoms with Crippen molar-refractivity contribution < 1.29 is 4.79 Å². The Labute approximate surface area is 147 Å². The number of fused-ring (bicyclic) bond motifs is 1. The Morgan fingerprint density at radius 2 is 2.00 bits per heavy atom. The van der Waals surface area contributed by atoms with Gasteiger partial charge in [-0.1, -0.05) is 18.9 Å². The number of carbonyl (C=O) groups excluding carboxylic acids is 1. The molecule has 0 unspecified atom stereocenters. The van der Waals surface area contributed by atoms with Crippen molar-refractivity contribution in [2.45, 2.75) is 51.0 Å². The number of aryl methyl sites for hydroxylation is 2. The second-order valence-corrected chi connectivity index (χ2v) is 7.90. The van der Waals surface area contributed by atoms with Crippen LogP contribution in [0.1, 0.15) is 48.1 Å². The zero-order chi connectivity index (χ0) is 16.7. The lowest BCUT2D eigenvalue weighted by Gasteiger charge is -2.14. The number of nitrogens with zero attached hydrogens (tertiary/aromatic N) is 2. The van der Waals surface area contributed by atoms with Gasteiger partial charge in [-0.05, 0) is 49.9 Å². The maximum atomic E-state index is 12.7. The van der Waals surface area contributed by atoms with E-state index in [1.807, 2.05) is 16.4 Å². The SMILES string of the molecule is Cc1ccc(-n2nc3c(c2NC(=O)C2CCCC2)CSC3)cc1C. The van der Waals surface area contributed by atoms with E-state index in [0.29, 0.717) is 0 Å². The van der Waals surface area contributed by atoms with Crippen molar-refractivity contribution >= 4 is 23.5 Å². The van der Waals surface area contributed by atoms with Gasteiger partial charge in [0.2, 0.25) is 5.91 Å². The van der Waals surface area contributed by atoms with Gasteiger partial charge in [-0.25, -0.2) is 4.68 Å². The van der Waals surface area contributed by atoms with E-state index >= 15 is 0 Å². The maximum absolute atomic E-state index is 12.7. The van der Waals surface area contributed by atoms with Gasteiger partial charge in [0.15, 0.2) is 0 Å². The standard InChI is InChI=1S/C19H23N3OS/c1-12-7-8-15(9-13(12)2)22-18(16-10-24-11-17(16)21-22)20-19(23)14-5-3-4-6-14/h7-9,14H,3-6,10-11H2,1-2H3,(H,20,23). The molecule has 0 radical (unpaired) electrons. The maximum Gasteiger partial charge on any atom is 0.228 e. The van der Waals surface area contributed by atoms with Gasteiger partial charge in [-0.15, -0.1) is 0 Å². The Bertz CT molecular complexity index is 790. The summed E-state index contributed by atoms with van der Waals surface area (Å²) in [6.45, 7) is 4.23. The van der Waals surface area contributed by atoms with Crippen LogP contribution in [0.15, 0.2) is 18.2 Å². The van der Waals surface area contributed by atoms with E-state index in [9.17, 15) is 4.79 Å². The highest BCUT2D eigenvalue weighted by Crippen LogP contribution is 2.37. The van der Waals surface area contributed by atoms with E-state index in [4.69, 9.17) is 5.10 Å². The van der Waals surface area contributed by atoms with Crippen molar-refractivity contribution in [3.8, 4) is 5.69 Å². The number of carbonyl (C=O) groups is 1. The van der Waals surface area contributed by atoms with Crippen LogP contribution in [0.4, 0.5) is 5.82 Å². The summed E-state index contributed by atoms with van der Waals surface area (Å²) in [5.41, 5.74) is 5.85. The quantitative estimate of drug-likeness (QED) is 0.902. The Morgan fingerprint density at radius 1 is 1.21 bits per heavy atom. The van der Waals surface area contributed by atoms with Crippen LogP contribution < -0.4 is 5.32 Å². The van der Waals surface area contributed by atoms with Gasteiger partial charge in [0.05, 0.1) is 11.4 Å². The first kappa shape index (κ1) is 15.8. The number of anilines is 1. The fourth-order valence-electron chi connectivity index (χ4n) is 3.59. The molecule has 1 aromatic heterocycles. The molecule has 4 nitrogen and oxygen atoms in total. The summed E-state index contributed by atoms with van der Waals surface area (Å²) in [6, 6.07) is 6.35. The Kier molecular flexibility index (Phi) is 4.12. The highest BCUT2D eigenvalue weighted by Gasteiger charge is 2.28. The molecule has 1 aromatic carbocycles. The van der Waals surface area contributed by atoms with Gasteiger partial charge in [0.1, 0.15) is 5.82 Å². The number of hydrogen-bond donors (Lipinski definition) is 1. The smallest absolute Gasteiger partial charge is 0.228 e. The lowest BCUT2D eigenvalue weighted by molar-refractivity contribution is -0.119. The average molecular weight is 341 g/mol. The molecule has 2 aromatic rings. The number of benzene rings is 1. The monoisotopic (exact) mass is 341 g/mol. The third-order valence-corrected chi connectivity index (χ3v) is 6.22. The molecule has 0 atom stereocenters. The number of rotatable bonds is 3. The summed E-state index contributed by atoms with van der Waals surface area (Å²) < 4.78 is 1.93. The third kappa shape index (κ3) is 2.75. The van der Waals surface area contributed by atoms with Crippen LogP contribution in [0, 0.1) is 19.8 Å². The van der Waals surface area contributed by atoms with E-state index in [-0.39, 0.29) is 11.8 Å². The van der Waals surface area contributed by atoms with Gasteiger partial charge >= 0.3 is 0 Å². The zero-order valence-electron chi connectivity index (χ0n) is 14.3. The molecule has 0 saturated heterocycles. The molecule has 1 N–H and O–H groups in total. The van der Waals surface area contributed by atoms with Gasteiger partial charge < -0.3 is 5.32 Å². The molecule has 1 fully saturated rings. The predicted octanol–water partition coefficient (Wildman–Crippen LogP) is 4.36. The normalized spacial score (nSPS) is 17.2. The van der Waals surface area contributed by atoms with Crippen molar-refractivity contribution in [1.29, 1.82) is 0 Å². The second-order valence-electron chi connectivity index (χ2n) is 6.92. The number of thioether (sulfide) groups is 1. The molecule has 5 heteroatoms. The molecule has 1 saturated carbocycles. The summed E-state index contributed by atoms with van der Waals surface area (Å²) in [5, 5.41) is 8.01. The highest BCUT2D eigenvalue weighted by molar-refractivity contribution is 7.98. The van der Waals surface area contributed by atoms with Crippen molar-refractivity contribution in [3.05, 3.63) is 40.6 Å². The molecule has 1 amide bonds. The first-order valence-corrected chi connectivity index (χ1v) is 9.86. The molecule has 1 aliphatic carbocycles. The van der Waals surface area contributed by atoms with Crippen LogP contribution in [0.3, 0.4) is 0 Å². The summed E-state index contributed by atoms with van der Waals surface area (Å²) in [4.78, 5) is 12.7. The largest absolute Gasteiger partial charge is 0.310 e. The van der Waals surface area contributed by atoms with Crippen LogP contribution in [-0.4, -0.2) is 15.7 Å². The minimum Gasteiger partial charge on any atom is -0.310 e. The van der Waals surface area contributed by atoms with Crippen molar-refractivity contribution in [2.24, 2.45) is 5.92 Å².